The zero-order valence-corrected chi connectivity index (χ0v) is 18.3. The number of imidazole rings is 1. The third-order valence-electron chi connectivity index (χ3n) is 5.04. The van der Waals surface area contributed by atoms with Crippen LogP contribution in [-0.4, -0.2) is 49.6 Å². The molecule has 2 heterocycles. The first-order valence-electron chi connectivity index (χ1n) is 9.76. The summed E-state index contributed by atoms with van der Waals surface area (Å²) in [6.45, 7) is 5.30. The highest BCUT2D eigenvalue weighted by Gasteiger charge is 2.23. The smallest absolute Gasteiger partial charge is 0.332 e. The van der Waals surface area contributed by atoms with Crippen molar-refractivity contribution in [3.63, 3.8) is 0 Å². The Morgan fingerprint density at radius 3 is 2.47 bits per heavy atom. The van der Waals surface area contributed by atoms with Crippen molar-refractivity contribution in [1.82, 2.24) is 18.7 Å². The Morgan fingerprint density at radius 1 is 1.17 bits per heavy atom. The minimum atomic E-state index is -0.935. The predicted molar refractivity (Wildman–Crippen MR) is 117 cm³/mol. The van der Waals surface area contributed by atoms with Crippen LogP contribution in [-0.2, 0) is 20.6 Å². The van der Waals surface area contributed by atoms with Gasteiger partial charge in [0.15, 0.2) is 11.2 Å². The summed E-state index contributed by atoms with van der Waals surface area (Å²) < 4.78 is 9.68. The molecule has 3 aromatic rings. The van der Waals surface area contributed by atoms with E-state index in [9.17, 15) is 14.7 Å². The largest absolute Gasteiger partial charge is 0.489 e. The SMILES string of the molecule is CCN(CC)c1nc2c(c(=O)n(C)c(=O)n2C)n1CC(O)COc1ccccc1Cl. The van der Waals surface area contributed by atoms with Gasteiger partial charge in [0.1, 0.15) is 18.5 Å². The number of benzene rings is 1. The molecule has 10 heteroatoms. The van der Waals surface area contributed by atoms with Crippen LogP contribution in [0.25, 0.3) is 11.2 Å². The van der Waals surface area contributed by atoms with Crippen LogP contribution in [0, 0.1) is 0 Å². The van der Waals surface area contributed by atoms with Crippen molar-refractivity contribution < 1.29 is 9.84 Å². The molecule has 0 fully saturated rings. The molecule has 0 saturated heterocycles. The molecule has 162 valence electrons. The van der Waals surface area contributed by atoms with Crippen LogP contribution in [0.3, 0.4) is 0 Å². The van der Waals surface area contributed by atoms with Gasteiger partial charge >= 0.3 is 5.69 Å². The van der Waals surface area contributed by atoms with Crippen LogP contribution >= 0.6 is 11.6 Å². The third kappa shape index (κ3) is 3.95. The number of aromatic nitrogens is 4. The number of ether oxygens (including phenoxy) is 1. The molecule has 9 nitrogen and oxygen atoms in total. The summed E-state index contributed by atoms with van der Waals surface area (Å²) >= 11 is 6.10. The van der Waals surface area contributed by atoms with Crippen LogP contribution < -0.4 is 20.9 Å². The van der Waals surface area contributed by atoms with Gasteiger partial charge in [0.05, 0.1) is 11.6 Å². The summed E-state index contributed by atoms with van der Waals surface area (Å²) in [7, 11) is 3.00. The maximum atomic E-state index is 12.9. The first-order valence-corrected chi connectivity index (χ1v) is 10.1. The lowest BCUT2D eigenvalue weighted by Gasteiger charge is -2.22. The molecule has 3 rings (SSSR count). The van der Waals surface area contributed by atoms with Gasteiger partial charge < -0.3 is 19.3 Å². The monoisotopic (exact) mass is 435 g/mol. The van der Waals surface area contributed by atoms with E-state index in [1.54, 1.807) is 35.9 Å². The number of hydrogen-bond donors (Lipinski definition) is 1. The number of fused-ring (bicyclic) bond motifs is 1. The molecule has 1 atom stereocenters. The Kier molecular flexibility index (Phi) is 6.52. The highest BCUT2D eigenvalue weighted by molar-refractivity contribution is 6.32. The van der Waals surface area contributed by atoms with Crippen LogP contribution in [0.15, 0.2) is 33.9 Å². The molecule has 0 amide bonds. The standard InChI is InChI=1S/C20H26ClN5O4/c1-5-25(6-2)19-22-17-16(18(28)24(4)20(29)23(17)3)26(19)11-13(27)12-30-15-10-8-7-9-14(15)21/h7-10,13,27H,5-6,11-12H2,1-4H3. The third-order valence-corrected chi connectivity index (χ3v) is 5.35. The normalized spacial score (nSPS) is 12.3. The van der Waals surface area contributed by atoms with Gasteiger partial charge in [-0.2, -0.15) is 4.98 Å². The van der Waals surface area contributed by atoms with Crippen LogP contribution in [0.4, 0.5) is 5.95 Å². The summed E-state index contributed by atoms with van der Waals surface area (Å²) in [4.78, 5) is 31.7. The lowest BCUT2D eigenvalue weighted by molar-refractivity contribution is 0.0937. The Hall–Kier alpha value is -2.78. The molecule has 0 aliphatic rings. The summed E-state index contributed by atoms with van der Waals surface area (Å²) in [6.07, 6.45) is -0.935. The van der Waals surface area contributed by atoms with E-state index in [0.717, 1.165) is 4.57 Å². The van der Waals surface area contributed by atoms with Gasteiger partial charge in [0.2, 0.25) is 5.95 Å². The lowest BCUT2D eigenvalue weighted by Crippen LogP contribution is -2.38. The number of halogens is 1. The molecule has 1 aromatic carbocycles. The van der Waals surface area contributed by atoms with Crippen LogP contribution in [0.2, 0.25) is 5.02 Å². The molecular weight excluding hydrogens is 410 g/mol. The van der Waals surface area contributed by atoms with Crippen molar-refractivity contribution in [2.75, 3.05) is 24.6 Å². The lowest BCUT2D eigenvalue weighted by atomic mass is 10.3. The molecule has 2 aromatic heterocycles. The van der Waals surface area contributed by atoms with Gasteiger partial charge in [-0.15, -0.1) is 0 Å². The first-order chi connectivity index (χ1) is 14.3. The second-order valence-electron chi connectivity index (χ2n) is 6.97. The number of rotatable bonds is 8. The summed E-state index contributed by atoms with van der Waals surface area (Å²) in [6, 6.07) is 7.00. The predicted octanol–water partition coefficient (Wildman–Crippen LogP) is 1.37. The molecule has 0 bridgehead atoms. The van der Waals surface area contributed by atoms with E-state index < -0.39 is 17.4 Å². The molecule has 0 saturated carbocycles. The highest BCUT2D eigenvalue weighted by atomic mass is 35.5. The molecule has 0 aliphatic heterocycles. The first kappa shape index (κ1) is 21.9. The molecule has 30 heavy (non-hydrogen) atoms. The Balaban J connectivity index is 2.02. The zero-order valence-electron chi connectivity index (χ0n) is 17.5. The van der Waals surface area contributed by atoms with E-state index in [1.807, 2.05) is 18.7 Å². The second kappa shape index (κ2) is 8.93. The van der Waals surface area contributed by atoms with Gasteiger partial charge in [0, 0.05) is 27.2 Å². The van der Waals surface area contributed by atoms with E-state index >= 15 is 0 Å². The Labute approximate surface area is 178 Å². The van der Waals surface area contributed by atoms with E-state index in [-0.39, 0.29) is 24.3 Å². The molecular formula is C20H26ClN5O4. The van der Waals surface area contributed by atoms with Gasteiger partial charge in [-0.3, -0.25) is 13.9 Å². The minimum Gasteiger partial charge on any atom is -0.489 e. The van der Waals surface area contributed by atoms with E-state index in [0.29, 0.717) is 29.8 Å². The number of hydrogen-bond acceptors (Lipinski definition) is 6. The van der Waals surface area contributed by atoms with Crippen molar-refractivity contribution >= 4 is 28.7 Å². The number of nitrogens with zero attached hydrogens (tertiary/aromatic N) is 5. The van der Waals surface area contributed by atoms with Crippen molar-refractivity contribution in [2.24, 2.45) is 14.1 Å². The van der Waals surface area contributed by atoms with Gasteiger partial charge in [-0.05, 0) is 26.0 Å². The molecule has 1 N–H and O–H groups in total. The average molecular weight is 436 g/mol. The van der Waals surface area contributed by atoms with E-state index in [2.05, 4.69) is 4.98 Å². The van der Waals surface area contributed by atoms with Crippen molar-refractivity contribution in [1.29, 1.82) is 0 Å². The summed E-state index contributed by atoms with van der Waals surface area (Å²) in [5.41, 5.74) is -0.369. The maximum absolute atomic E-state index is 12.9. The molecule has 0 spiro atoms. The van der Waals surface area contributed by atoms with Crippen molar-refractivity contribution in [3.8, 4) is 5.75 Å². The Morgan fingerprint density at radius 2 is 1.83 bits per heavy atom. The second-order valence-corrected chi connectivity index (χ2v) is 7.38. The fourth-order valence-electron chi connectivity index (χ4n) is 3.37. The number of anilines is 1. The quantitative estimate of drug-likeness (QED) is 0.574. The average Bonchev–Trinajstić information content (AvgIpc) is 3.10. The molecule has 0 radical (unpaired) electrons. The van der Waals surface area contributed by atoms with Crippen molar-refractivity contribution in [3.05, 3.63) is 50.1 Å². The Bertz CT molecular complexity index is 1160. The number of aliphatic hydroxyl groups is 1. The van der Waals surface area contributed by atoms with Gasteiger partial charge in [-0.1, -0.05) is 23.7 Å². The summed E-state index contributed by atoms with van der Waals surface area (Å²) in [5.74, 6) is 0.987. The zero-order chi connectivity index (χ0) is 22.0. The fraction of sp³-hybridized carbons (Fsp3) is 0.450. The summed E-state index contributed by atoms with van der Waals surface area (Å²) in [5, 5.41) is 11.1. The number of aliphatic hydroxyl groups excluding tert-OH is 1. The highest BCUT2D eigenvalue weighted by Crippen LogP contribution is 2.24. The van der Waals surface area contributed by atoms with Crippen LogP contribution in [0.1, 0.15) is 13.8 Å². The van der Waals surface area contributed by atoms with Gasteiger partial charge in [-0.25, -0.2) is 4.79 Å². The van der Waals surface area contributed by atoms with Gasteiger partial charge in [0.25, 0.3) is 5.56 Å². The molecule has 1 unspecified atom stereocenters. The number of aryl methyl sites for hydroxylation is 1. The minimum absolute atomic E-state index is 0.0207. The topological polar surface area (TPSA) is 94.5 Å². The van der Waals surface area contributed by atoms with Crippen LogP contribution in [0.5, 0.6) is 5.75 Å². The maximum Gasteiger partial charge on any atom is 0.332 e. The fourth-order valence-corrected chi connectivity index (χ4v) is 3.56. The van der Waals surface area contributed by atoms with E-state index in [1.165, 1.54) is 11.6 Å². The molecule has 0 aliphatic carbocycles. The van der Waals surface area contributed by atoms with E-state index in [4.69, 9.17) is 16.3 Å². The number of para-hydroxylation sites is 1. The van der Waals surface area contributed by atoms with Crippen molar-refractivity contribution in [2.45, 2.75) is 26.5 Å².